The third kappa shape index (κ3) is 2.49. The van der Waals surface area contributed by atoms with Gasteiger partial charge in [0.2, 0.25) is 5.91 Å². The summed E-state index contributed by atoms with van der Waals surface area (Å²) in [6.07, 6.45) is 5.10. The Hall–Kier alpha value is -1.92. The first-order chi connectivity index (χ1) is 8.59. The maximum Gasteiger partial charge on any atom is 0.358 e. The van der Waals surface area contributed by atoms with E-state index in [1.165, 1.54) is 4.68 Å². The Balaban J connectivity index is 2.35. The van der Waals surface area contributed by atoms with Gasteiger partial charge in [-0.2, -0.15) is 0 Å². The minimum Gasteiger partial charge on any atom is -0.476 e. The van der Waals surface area contributed by atoms with Gasteiger partial charge in [0.05, 0.1) is 5.69 Å². The van der Waals surface area contributed by atoms with Crippen LogP contribution in [0.5, 0.6) is 0 Å². The molecular formula is C11H16N4O3. The lowest BCUT2D eigenvalue weighted by molar-refractivity contribution is -0.118. The second-order valence-electron chi connectivity index (χ2n) is 4.59. The number of hydrogen-bond acceptors (Lipinski definition) is 4. The molecule has 0 aliphatic heterocycles. The summed E-state index contributed by atoms with van der Waals surface area (Å²) in [5, 5.41) is 16.5. The van der Waals surface area contributed by atoms with Crippen LogP contribution in [0.2, 0.25) is 0 Å². The van der Waals surface area contributed by atoms with Crippen LogP contribution in [0.4, 0.5) is 0 Å². The molecule has 1 fully saturated rings. The minimum absolute atomic E-state index is 0.0526. The van der Waals surface area contributed by atoms with Gasteiger partial charge in [0.15, 0.2) is 5.69 Å². The number of hydrogen-bond donors (Lipinski definition) is 2. The van der Waals surface area contributed by atoms with E-state index in [0.29, 0.717) is 5.69 Å². The van der Waals surface area contributed by atoms with E-state index < -0.39 is 11.9 Å². The molecule has 1 aliphatic rings. The lowest BCUT2D eigenvalue weighted by Gasteiger charge is -2.22. The number of aromatic carboxylic acids is 1. The normalized spacial score (nSPS) is 16.7. The molecule has 1 amide bonds. The first kappa shape index (κ1) is 12.5. The van der Waals surface area contributed by atoms with Crippen LogP contribution in [0.25, 0.3) is 0 Å². The van der Waals surface area contributed by atoms with E-state index in [0.717, 1.165) is 32.1 Å². The highest BCUT2D eigenvalue weighted by molar-refractivity contribution is 5.86. The molecule has 98 valence electrons. The number of carbonyl (C=O) groups is 2. The van der Waals surface area contributed by atoms with Gasteiger partial charge in [-0.05, 0) is 12.8 Å². The molecule has 1 aliphatic carbocycles. The standard InChI is InChI=1S/C11H16N4O3/c12-8(16)6-15-10(7-4-2-1-3-5-7)9(11(17)18)13-14-15/h7H,1-6H2,(H2,12,16)(H,17,18). The first-order valence-corrected chi connectivity index (χ1v) is 6.04. The van der Waals surface area contributed by atoms with Crippen molar-refractivity contribution in [3.05, 3.63) is 11.4 Å². The number of primary amides is 1. The number of nitrogens with zero attached hydrogens (tertiary/aromatic N) is 3. The van der Waals surface area contributed by atoms with Gasteiger partial charge >= 0.3 is 5.97 Å². The van der Waals surface area contributed by atoms with Crippen molar-refractivity contribution in [3.8, 4) is 0 Å². The highest BCUT2D eigenvalue weighted by atomic mass is 16.4. The average Bonchev–Trinajstić information content (AvgIpc) is 2.73. The van der Waals surface area contributed by atoms with Crippen LogP contribution in [0.15, 0.2) is 0 Å². The maximum absolute atomic E-state index is 11.1. The van der Waals surface area contributed by atoms with Crippen molar-refractivity contribution in [2.24, 2.45) is 5.73 Å². The van der Waals surface area contributed by atoms with Gasteiger partial charge in [-0.3, -0.25) is 4.79 Å². The quantitative estimate of drug-likeness (QED) is 0.810. The van der Waals surface area contributed by atoms with Crippen molar-refractivity contribution >= 4 is 11.9 Å². The Kier molecular flexibility index (Phi) is 3.59. The predicted octanol–water partition coefficient (Wildman–Crippen LogP) is 0.509. The molecule has 0 spiro atoms. The number of nitrogens with two attached hydrogens (primary N) is 1. The summed E-state index contributed by atoms with van der Waals surface area (Å²) < 4.78 is 1.34. The van der Waals surface area contributed by atoms with Crippen molar-refractivity contribution in [2.75, 3.05) is 0 Å². The van der Waals surface area contributed by atoms with E-state index in [-0.39, 0.29) is 18.2 Å². The Morgan fingerprint density at radius 2 is 2.00 bits per heavy atom. The molecule has 0 radical (unpaired) electrons. The van der Waals surface area contributed by atoms with Gasteiger partial charge in [-0.15, -0.1) is 5.10 Å². The molecular weight excluding hydrogens is 236 g/mol. The number of carboxylic acids is 1. The maximum atomic E-state index is 11.1. The zero-order valence-electron chi connectivity index (χ0n) is 10.0. The Morgan fingerprint density at radius 1 is 1.33 bits per heavy atom. The largest absolute Gasteiger partial charge is 0.476 e. The van der Waals surface area contributed by atoms with Gasteiger partial charge in [-0.25, -0.2) is 9.48 Å². The fourth-order valence-corrected chi connectivity index (χ4v) is 2.52. The molecule has 0 aromatic carbocycles. The van der Waals surface area contributed by atoms with E-state index in [2.05, 4.69) is 10.3 Å². The third-order valence-electron chi connectivity index (χ3n) is 3.27. The average molecular weight is 252 g/mol. The SMILES string of the molecule is NC(=O)Cn1nnc(C(=O)O)c1C1CCCCC1. The summed E-state index contributed by atoms with van der Waals surface area (Å²) >= 11 is 0. The van der Waals surface area contributed by atoms with Crippen LogP contribution in [0, 0.1) is 0 Å². The molecule has 0 bridgehead atoms. The van der Waals surface area contributed by atoms with Crippen molar-refractivity contribution < 1.29 is 14.7 Å². The molecule has 3 N–H and O–H groups in total. The third-order valence-corrected chi connectivity index (χ3v) is 3.27. The monoisotopic (exact) mass is 252 g/mol. The molecule has 1 aromatic rings. The van der Waals surface area contributed by atoms with Crippen molar-refractivity contribution in [1.82, 2.24) is 15.0 Å². The molecule has 7 heteroatoms. The molecule has 0 atom stereocenters. The topological polar surface area (TPSA) is 111 Å². The van der Waals surface area contributed by atoms with Crippen LogP contribution < -0.4 is 5.73 Å². The summed E-state index contributed by atoms with van der Waals surface area (Å²) in [5.74, 6) is -1.54. The molecule has 0 saturated heterocycles. The van der Waals surface area contributed by atoms with E-state index in [9.17, 15) is 9.59 Å². The number of amides is 1. The molecule has 1 saturated carbocycles. The van der Waals surface area contributed by atoms with Crippen molar-refractivity contribution in [1.29, 1.82) is 0 Å². The van der Waals surface area contributed by atoms with E-state index in [1.54, 1.807) is 0 Å². The zero-order valence-corrected chi connectivity index (χ0v) is 10.0. The molecule has 2 rings (SSSR count). The summed E-state index contributed by atoms with van der Waals surface area (Å²) in [6, 6.07) is 0. The fourth-order valence-electron chi connectivity index (χ4n) is 2.52. The predicted molar refractivity (Wildman–Crippen MR) is 62.0 cm³/mol. The van der Waals surface area contributed by atoms with Crippen LogP contribution in [-0.4, -0.2) is 32.0 Å². The van der Waals surface area contributed by atoms with Gasteiger partial charge in [0.1, 0.15) is 6.54 Å². The number of carboxylic acid groups (broad SMARTS) is 1. The smallest absolute Gasteiger partial charge is 0.358 e. The summed E-state index contributed by atoms with van der Waals surface area (Å²) in [4.78, 5) is 22.1. The van der Waals surface area contributed by atoms with Gasteiger partial charge in [-0.1, -0.05) is 24.5 Å². The van der Waals surface area contributed by atoms with Gasteiger partial charge < -0.3 is 10.8 Å². The first-order valence-electron chi connectivity index (χ1n) is 6.04. The van der Waals surface area contributed by atoms with Crippen molar-refractivity contribution in [2.45, 2.75) is 44.6 Å². The van der Waals surface area contributed by atoms with Crippen LogP contribution in [0.3, 0.4) is 0 Å². The summed E-state index contributed by atoms with van der Waals surface area (Å²) in [5.41, 5.74) is 5.62. The highest BCUT2D eigenvalue weighted by Crippen LogP contribution is 2.33. The lowest BCUT2D eigenvalue weighted by atomic mass is 9.86. The highest BCUT2D eigenvalue weighted by Gasteiger charge is 2.28. The van der Waals surface area contributed by atoms with E-state index in [1.807, 2.05) is 0 Å². The Bertz CT molecular complexity index is 463. The van der Waals surface area contributed by atoms with Crippen LogP contribution >= 0.6 is 0 Å². The molecule has 0 unspecified atom stereocenters. The van der Waals surface area contributed by atoms with Crippen LogP contribution in [-0.2, 0) is 11.3 Å². The molecule has 18 heavy (non-hydrogen) atoms. The number of carbonyl (C=O) groups excluding carboxylic acids is 1. The zero-order chi connectivity index (χ0) is 13.1. The molecule has 1 aromatic heterocycles. The minimum atomic E-state index is -1.11. The Morgan fingerprint density at radius 3 is 2.56 bits per heavy atom. The second-order valence-corrected chi connectivity index (χ2v) is 4.59. The Labute approximate surface area is 104 Å². The summed E-state index contributed by atoms with van der Waals surface area (Å²) in [6.45, 7) is -0.119. The number of rotatable bonds is 4. The fraction of sp³-hybridized carbons (Fsp3) is 0.636. The van der Waals surface area contributed by atoms with Gasteiger partial charge in [0.25, 0.3) is 0 Å². The van der Waals surface area contributed by atoms with E-state index >= 15 is 0 Å². The van der Waals surface area contributed by atoms with Gasteiger partial charge in [0, 0.05) is 5.92 Å². The summed E-state index contributed by atoms with van der Waals surface area (Å²) in [7, 11) is 0. The molecule has 1 heterocycles. The lowest BCUT2D eigenvalue weighted by Crippen LogP contribution is -2.23. The number of aromatic nitrogens is 3. The van der Waals surface area contributed by atoms with Crippen molar-refractivity contribution in [3.63, 3.8) is 0 Å². The molecule has 7 nitrogen and oxygen atoms in total. The van der Waals surface area contributed by atoms with Crippen LogP contribution in [0.1, 0.15) is 54.2 Å². The van der Waals surface area contributed by atoms with E-state index in [4.69, 9.17) is 10.8 Å². The second kappa shape index (κ2) is 5.16.